The molecule has 1 aromatic rings. The van der Waals surface area contributed by atoms with Crippen LogP contribution in [0.5, 0.6) is 0 Å². The molecule has 0 amide bonds. The van der Waals surface area contributed by atoms with Crippen LogP contribution in [-0.2, 0) is 11.2 Å². The number of aromatic nitrogens is 2. The molecule has 1 unspecified atom stereocenters. The van der Waals surface area contributed by atoms with Crippen LogP contribution in [0, 0.1) is 0 Å². The van der Waals surface area contributed by atoms with Gasteiger partial charge in [-0.2, -0.15) is 4.98 Å². The molecule has 3 atom stereocenters. The van der Waals surface area contributed by atoms with Gasteiger partial charge in [-0.05, 0) is 25.8 Å². The molecule has 130 valence electrons. The maximum absolute atomic E-state index is 12.0. The number of nitrogen functional groups attached to an aromatic ring is 1. The summed E-state index contributed by atoms with van der Waals surface area (Å²) in [5.74, 6) is 0.238. The van der Waals surface area contributed by atoms with Crippen LogP contribution in [0.3, 0.4) is 0 Å². The van der Waals surface area contributed by atoms with Crippen molar-refractivity contribution in [3.8, 4) is 0 Å². The summed E-state index contributed by atoms with van der Waals surface area (Å²) >= 11 is 0. The first-order valence-electron chi connectivity index (χ1n) is 8.08. The summed E-state index contributed by atoms with van der Waals surface area (Å²) in [5, 5.41) is 18.9. The average molecular weight is 326 g/mol. The van der Waals surface area contributed by atoms with Crippen molar-refractivity contribution in [2.24, 2.45) is 5.73 Å². The highest BCUT2D eigenvalue weighted by atomic mass is 16.5. The molecule has 1 aromatic heterocycles. The van der Waals surface area contributed by atoms with Gasteiger partial charge in [-0.3, -0.25) is 4.57 Å². The molecule has 0 aliphatic carbocycles. The van der Waals surface area contributed by atoms with Gasteiger partial charge in [0.1, 0.15) is 18.1 Å². The van der Waals surface area contributed by atoms with Crippen LogP contribution < -0.4 is 17.2 Å². The molecule has 1 saturated heterocycles. The van der Waals surface area contributed by atoms with Crippen LogP contribution in [0.15, 0.2) is 11.0 Å². The van der Waals surface area contributed by atoms with Crippen molar-refractivity contribution in [2.75, 3.05) is 18.9 Å². The lowest BCUT2D eigenvalue weighted by molar-refractivity contribution is -0.0459. The van der Waals surface area contributed by atoms with Gasteiger partial charge < -0.3 is 26.4 Å². The second kappa shape index (κ2) is 8.39. The number of aliphatic hydroxyl groups excluding tert-OH is 2. The first-order valence-corrected chi connectivity index (χ1v) is 8.08. The molecule has 2 rings (SSSR count). The number of hydrogen-bond acceptors (Lipinski definition) is 7. The number of anilines is 1. The number of hydrogen-bond donors (Lipinski definition) is 4. The summed E-state index contributed by atoms with van der Waals surface area (Å²) in [6.45, 7) is 0.408. The quantitative estimate of drug-likeness (QED) is 0.474. The van der Waals surface area contributed by atoms with Gasteiger partial charge in [-0.15, -0.1) is 0 Å². The van der Waals surface area contributed by atoms with Crippen molar-refractivity contribution in [3.63, 3.8) is 0 Å². The SMILES string of the molecule is NCCCCCCc1cn(C2C[C@H](O)[C@@H](CO)O2)c(=O)nc1N. The summed E-state index contributed by atoms with van der Waals surface area (Å²) in [6.07, 6.45) is 4.58. The molecule has 6 N–H and O–H groups in total. The van der Waals surface area contributed by atoms with Gasteiger partial charge in [0.2, 0.25) is 0 Å². The fourth-order valence-electron chi connectivity index (χ4n) is 2.78. The Morgan fingerprint density at radius 3 is 2.74 bits per heavy atom. The molecule has 1 aliphatic rings. The molecule has 0 saturated carbocycles. The van der Waals surface area contributed by atoms with Crippen molar-refractivity contribution >= 4 is 5.82 Å². The number of aryl methyl sites for hydroxylation is 1. The maximum atomic E-state index is 12.0. The van der Waals surface area contributed by atoms with E-state index in [0.717, 1.165) is 37.7 Å². The van der Waals surface area contributed by atoms with E-state index in [-0.39, 0.29) is 18.8 Å². The molecule has 2 heterocycles. The topological polar surface area (TPSA) is 137 Å². The van der Waals surface area contributed by atoms with E-state index in [1.807, 2.05) is 0 Å². The van der Waals surface area contributed by atoms with E-state index in [1.54, 1.807) is 6.20 Å². The van der Waals surface area contributed by atoms with E-state index in [1.165, 1.54) is 4.57 Å². The standard InChI is InChI=1S/C15H26N4O4/c16-6-4-2-1-3-5-10-8-19(15(22)18-14(10)17)13-7-11(21)12(9-20)23-13/h8,11-13,20-21H,1-7,9,16H2,(H2,17,18,22)/t11-,12+,13?/m0/s1. The zero-order valence-corrected chi connectivity index (χ0v) is 13.2. The van der Waals surface area contributed by atoms with Crippen LogP contribution in [0.1, 0.15) is 43.9 Å². The molecule has 0 radical (unpaired) electrons. The second-order valence-electron chi connectivity index (χ2n) is 5.91. The molecular weight excluding hydrogens is 300 g/mol. The largest absolute Gasteiger partial charge is 0.394 e. The highest BCUT2D eigenvalue weighted by Gasteiger charge is 2.35. The summed E-state index contributed by atoms with van der Waals surface area (Å²) < 4.78 is 6.86. The average Bonchev–Trinajstić information content (AvgIpc) is 2.89. The molecule has 0 spiro atoms. The number of unbranched alkanes of at least 4 members (excludes halogenated alkanes) is 3. The Labute approximate surface area is 135 Å². The predicted molar refractivity (Wildman–Crippen MR) is 85.8 cm³/mol. The van der Waals surface area contributed by atoms with Crippen molar-refractivity contribution < 1.29 is 14.9 Å². The summed E-state index contributed by atoms with van der Waals surface area (Å²) in [7, 11) is 0. The van der Waals surface area contributed by atoms with Gasteiger partial charge in [0.25, 0.3) is 0 Å². The highest BCUT2D eigenvalue weighted by Crippen LogP contribution is 2.28. The lowest BCUT2D eigenvalue weighted by Crippen LogP contribution is -2.29. The van der Waals surface area contributed by atoms with Crippen LogP contribution in [0.2, 0.25) is 0 Å². The minimum atomic E-state index is -0.797. The summed E-state index contributed by atoms with van der Waals surface area (Å²) in [6, 6.07) is 0. The number of ether oxygens (including phenoxy) is 1. The van der Waals surface area contributed by atoms with Gasteiger partial charge in [0.05, 0.1) is 12.7 Å². The Balaban J connectivity index is 2.06. The first kappa shape index (κ1) is 17.9. The monoisotopic (exact) mass is 326 g/mol. The van der Waals surface area contributed by atoms with Crippen LogP contribution in [-0.4, -0.2) is 45.1 Å². The second-order valence-corrected chi connectivity index (χ2v) is 5.91. The fraction of sp³-hybridized carbons (Fsp3) is 0.733. The van der Waals surface area contributed by atoms with E-state index in [9.17, 15) is 9.90 Å². The number of nitrogens with two attached hydrogens (primary N) is 2. The Morgan fingerprint density at radius 1 is 1.35 bits per heavy atom. The lowest BCUT2D eigenvalue weighted by Gasteiger charge is -2.16. The molecule has 0 aromatic carbocycles. The Bertz CT molecular complexity index is 563. The zero-order valence-electron chi connectivity index (χ0n) is 13.2. The van der Waals surface area contributed by atoms with Gasteiger partial charge in [0.15, 0.2) is 0 Å². The molecular formula is C15H26N4O4. The van der Waals surface area contributed by atoms with E-state index in [0.29, 0.717) is 6.54 Å². The third-order valence-corrected chi connectivity index (χ3v) is 4.16. The van der Waals surface area contributed by atoms with Crippen molar-refractivity contribution in [2.45, 2.75) is 57.0 Å². The fourth-order valence-corrected chi connectivity index (χ4v) is 2.78. The Kier molecular flexibility index (Phi) is 6.52. The Morgan fingerprint density at radius 2 is 2.09 bits per heavy atom. The highest BCUT2D eigenvalue weighted by molar-refractivity contribution is 5.36. The Hall–Kier alpha value is -1.48. The summed E-state index contributed by atoms with van der Waals surface area (Å²) in [4.78, 5) is 15.9. The molecule has 8 heteroatoms. The van der Waals surface area contributed by atoms with Gasteiger partial charge in [0, 0.05) is 18.2 Å². The van der Waals surface area contributed by atoms with Gasteiger partial charge in [-0.25, -0.2) is 4.79 Å². The van der Waals surface area contributed by atoms with Crippen molar-refractivity contribution in [3.05, 3.63) is 22.2 Å². The molecule has 0 bridgehead atoms. The molecule has 1 aliphatic heterocycles. The van der Waals surface area contributed by atoms with E-state index >= 15 is 0 Å². The molecule has 23 heavy (non-hydrogen) atoms. The number of nitrogens with zero attached hydrogens (tertiary/aromatic N) is 2. The number of aliphatic hydroxyl groups is 2. The van der Waals surface area contributed by atoms with Gasteiger partial charge >= 0.3 is 5.69 Å². The smallest absolute Gasteiger partial charge is 0.351 e. The van der Waals surface area contributed by atoms with Crippen molar-refractivity contribution in [1.82, 2.24) is 9.55 Å². The van der Waals surface area contributed by atoms with Gasteiger partial charge in [-0.1, -0.05) is 12.8 Å². The van der Waals surface area contributed by atoms with E-state index in [4.69, 9.17) is 21.3 Å². The predicted octanol–water partition coefficient (Wildman–Crippen LogP) is -0.472. The van der Waals surface area contributed by atoms with E-state index < -0.39 is 24.1 Å². The maximum Gasteiger partial charge on any atom is 0.351 e. The minimum absolute atomic E-state index is 0.238. The van der Waals surface area contributed by atoms with Crippen LogP contribution in [0.25, 0.3) is 0 Å². The zero-order chi connectivity index (χ0) is 16.8. The minimum Gasteiger partial charge on any atom is -0.394 e. The molecule has 8 nitrogen and oxygen atoms in total. The first-order chi connectivity index (χ1) is 11.1. The third-order valence-electron chi connectivity index (χ3n) is 4.16. The number of rotatable bonds is 8. The van der Waals surface area contributed by atoms with Crippen molar-refractivity contribution in [1.29, 1.82) is 0 Å². The van der Waals surface area contributed by atoms with Crippen LogP contribution >= 0.6 is 0 Å². The summed E-state index contributed by atoms with van der Waals surface area (Å²) in [5.41, 5.74) is 11.6. The lowest BCUT2D eigenvalue weighted by atomic mass is 10.1. The third kappa shape index (κ3) is 4.51. The van der Waals surface area contributed by atoms with Crippen LogP contribution in [0.4, 0.5) is 5.82 Å². The van der Waals surface area contributed by atoms with E-state index in [2.05, 4.69) is 4.98 Å². The molecule has 1 fully saturated rings. The normalized spacial score (nSPS) is 24.2.